The molecule has 0 radical (unpaired) electrons. The number of tetrazole rings is 1. The maximum atomic E-state index is 15.4. The number of aromatic amines is 1. The van der Waals surface area contributed by atoms with E-state index in [0.29, 0.717) is 28.7 Å². The van der Waals surface area contributed by atoms with Crippen molar-refractivity contribution < 1.29 is 22.3 Å². The number of sulfonamides is 1. The summed E-state index contributed by atoms with van der Waals surface area (Å²) in [7, 11) is -3.92. The molecule has 0 spiro atoms. The third-order valence-electron chi connectivity index (χ3n) is 8.83. The smallest absolute Gasteiger partial charge is 0.253 e. The summed E-state index contributed by atoms with van der Waals surface area (Å²) >= 11 is 12.8. The first kappa shape index (κ1) is 31.0. The Morgan fingerprint density at radius 1 is 0.978 bits per heavy atom. The quantitative estimate of drug-likeness (QED) is 0.216. The van der Waals surface area contributed by atoms with Crippen LogP contribution >= 0.6 is 23.2 Å². The Kier molecular flexibility index (Phi) is 8.47. The fourth-order valence-electron chi connectivity index (χ4n) is 6.30. The van der Waals surface area contributed by atoms with Crippen LogP contribution in [-0.2, 0) is 26.0 Å². The van der Waals surface area contributed by atoms with E-state index in [9.17, 15) is 13.2 Å². The van der Waals surface area contributed by atoms with Crippen LogP contribution in [0.2, 0.25) is 10.0 Å². The standard InChI is InChI=1S/C32H31Cl2FN6O4S/c33-22-12-10-20(11-13-22)30-31(21-4-3-5-23(34)16-21)45-28(17-29-36-38-39-37-29)32(42)41(30)27(19-8-9-19)18-40(46(43,44)24-14-15-24)26-7-2-1-6-25(26)35/h1-7,10-13,16,19,24,27-28,30-31H,8-9,14-15,17-18H2,(H,36,37,38,39)/t27-,28-,30-,31-/m1/s1. The lowest BCUT2D eigenvalue weighted by atomic mass is 9.89. The van der Waals surface area contributed by atoms with Gasteiger partial charge in [-0.1, -0.05) is 59.6 Å². The first-order valence-electron chi connectivity index (χ1n) is 15.2. The van der Waals surface area contributed by atoms with Crippen LogP contribution in [0.5, 0.6) is 0 Å². The highest BCUT2D eigenvalue weighted by molar-refractivity contribution is 7.93. The van der Waals surface area contributed by atoms with E-state index in [1.54, 1.807) is 35.2 Å². The van der Waals surface area contributed by atoms with E-state index in [1.165, 1.54) is 22.5 Å². The third kappa shape index (κ3) is 6.23. The van der Waals surface area contributed by atoms with Gasteiger partial charge in [0.15, 0.2) is 5.82 Å². The summed E-state index contributed by atoms with van der Waals surface area (Å²) in [6.45, 7) is -0.112. The monoisotopic (exact) mass is 684 g/mol. The van der Waals surface area contributed by atoms with Gasteiger partial charge in [-0.2, -0.15) is 0 Å². The number of carbonyl (C=O) groups is 1. The Bertz CT molecular complexity index is 1820. The number of morpholine rings is 1. The number of amides is 1. The molecule has 1 N–H and O–H groups in total. The molecule has 4 atom stereocenters. The van der Waals surface area contributed by atoms with Gasteiger partial charge in [-0.3, -0.25) is 9.10 Å². The van der Waals surface area contributed by atoms with Crippen LogP contribution in [-0.4, -0.2) is 63.8 Å². The van der Waals surface area contributed by atoms with Gasteiger partial charge in [-0.25, -0.2) is 17.9 Å². The van der Waals surface area contributed by atoms with E-state index in [4.69, 9.17) is 27.9 Å². The lowest BCUT2D eigenvalue weighted by Crippen LogP contribution is -2.59. The van der Waals surface area contributed by atoms with E-state index < -0.39 is 45.4 Å². The van der Waals surface area contributed by atoms with Gasteiger partial charge in [-0.15, -0.1) is 5.10 Å². The number of ether oxygens (including phenoxy) is 1. The molecule has 10 nitrogen and oxygen atoms in total. The average molecular weight is 686 g/mol. The molecule has 1 aliphatic heterocycles. The molecule has 4 aromatic rings. The van der Waals surface area contributed by atoms with Gasteiger partial charge in [0.05, 0.1) is 29.6 Å². The number of anilines is 1. The Morgan fingerprint density at radius 2 is 1.74 bits per heavy atom. The number of carbonyl (C=O) groups excluding carboxylic acids is 1. The van der Waals surface area contributed by atoms with Crippen LogP contribution < -0.4 is 4.31 Å². The molecule has 0 bridgehead atoms. The summed E-state index contributed by atoms with van der Waals surface area (Å²) in [5.41, 5.74) is 1.45. The molecular formula is C32H31Cl2FN6O4S. The van der Waals surface area contributed by atoms with Crippen LogP contribution in [0.4, 0.5) is 10.1 Å². The molecule has 3 fully saturated rings. The van der Waals surface area contributed by atoms with Crippen molar-refractivity contribution in [2.24, 2.45) is 5.92 Å². The van der Waals surface area contributed by atoms with Gasteiger partial charge in [0.2, 0.25) is 10.0 Å². The normalized spacial score (nSPS) is 22.5. The van der Waals surface area contributed by atoms with Gasteiger partial charge in [-0.05, 0) is 89.6 Å². The van der Waals surface area contributed by atoms with Crippen LogP contribution in [0.1, 0.15) is 54.8 Å². The molecule has 46 heavy (non-hydrogen) atoms. The Labute approximate surface area is 275 Å². The molecule has 3 aromatic carbocycles. The van der Waals surface area contributed by atoms with Crippen molar-refractivity contribution in [3.63, 3.8) is 0 Å². The summed E-state index contributed by atoms with van der Waals surface area (Å²) in [4.78, 5) is 16.5. The maximum Gasteiger partial charge on any atom is 0.253 e. The number of hydrogen-bond acceptors (Lipinski definition) is 7. The minimum atomic E-state index is -3.92. The zero-order valence-electron chi connectivity index (χ0n) is 24.5. The molecule has 1 aromatic heterocycles. The van der Waals surface area contributed by atoms with Gasteiger partial charge >= 0.3 is 0 Å². The number of hydrogen-bond donors (Lipinski definition) is 1. The van der Waals surface area contributed by atoms with Crippen molar-refractivity contribution in [3.05, 3.63) is 106 Å². The van der Waals surface area contributed by atoms with E-state index in [-0.39, 0.29) is 30.5 Å². The largest absolute Gasteiger partial charge is 0.357 e. The van der Waals surface area contributed by atoms with Gasteiger partial charge in [0.25, 0.3) is 5.91 Å². The first-order chi connectivity index (χ1) is 22.2. The summed E-state index contributed by atoms with van der Waals surface area (Å²) < 4.78 is 51.1. The fraction of sp³-hybridized carbons (Fsp3) is 0.375. The minimum absolute atomic E-state index is 0.0202. The van der Waals surface area contributed by atoms with Crippen LogP contribution in [0.15, 0.2) is 72.8 Å². The van der Waals surface area contributed by atoms with E-state index >= 15 is 4.39 Å². The van der Waals surface area contributed by atoms with Crippen molar-refractivity contribution in [2.45, 2.75) is 61.6 Å². The number of halogens is 3. The van der Waals surface area contributed by atoms with Crippen molar-refractivity contribution in [2.75, 3.05) is 10.8 Å². The molecule has 240 valence electrons. The zero-order valence-corrected chi connectivity index (χ0v) is 26.9. The Morgan fingerprint density at radius 3 is 2.39 bits per heavy atom. The molecule has 7 rings (SSSR count). The highest BCUT2D eigenvalue weighted by Crippen LogP contribution is 2.49. The first-order valence-corrected chi connectivity index (χ1v) is 17.4. The zero-order chi connectivity index (χ0) is 32.0. The van der Waals surface area contributed by atoms with Crippen molar-refractivity contribution in [1.29, 1.82) is 0 Å². The molecule has 2 aliphatic carbocycles. The fourth-order valence-corrected chi connectivity index (χ4v) is 8.50. The third-order valence-corrected chi connectivity index (χ3v) is 11.6. The predicted molar refractivity (Wildman–Crippen MR) is 170 cm³/mol. The lowest BCUT2D eigenvalue weighted by Gasteiger charge is -2.49. The minimum Gasteiger partial charge on any atom is -0.357 e. The Balaban J connectivity index is 1.37. The number of rotatable bonds is 11. The number of nitrogens with one attached hydrogen (secondary N) is 1. The molecule has 2 heterocycles. The molecule has 1 saturated heterocycles. The van der Waals surface area contributed by atoms with Crippen molar-refractivity contribution in [3.8, 4) is 0 Å². The molecule has 14 heteroatoms. The number of nitrogens with zero attached hydrogens (tertiary/aromatic N) is 5. The molecule has 0 unspecified atom stereocenters. The van der Waals surface area contributed by atoms with Crippen LogP contribution in [0, 0.1) is 11.7 Å². The molecule has 3 aliphatic rings. The number of aromatic nitrogens is 4. The summed E-state index contributed by atoms with van der Waals surface area (Å²) in [5, 5.41) is 14.4. The molecular weight excluding hydrogens is 654 g/mol. The van der Waals surface area contributed by atoms with Gasteiger partial charge in [0, 0.05) is 16.5 Å². The number of H-pyrrole nitrogens is 1. The second kappa shape index (κ2) is 12.6. The average Bonchev–Trinajstić information content (AvgIpc) is 3.98. The van der Waals surface area contributed by atoms with Gasteiger partial charge < -0.3 is 9.64 Å². The summed E-state index contributed by atoms with van der Waals surface area (Å²) in [6, 6.07) is 19.0. The van der Waals surface area contributed by atoms with Crippen molar-refractivity contribution >= 4 is 44.8 Å². The Hall–Kier alpha value is -3.58. The highest BCUT2D eigenvalue weighted by Gasteiger charge is 2.52. The summed E-state index contributed by atoms with van der Waals surface area (Å²) in [6.07, 6.45) is 0.935. The van der Waals surface area contributed by atoms with Crippen molar-refractivity contribution in [1.82, 2.24) is 25.5 Å². The highest BCUT2D eigenvalue weighted by atomic mass is 35.5. The predicted octanol–water partition coefficient (Wildman–Crippen LogP) is 5.68. The van der Waals surface area contributed by atoms with E-state index in [0.717, 1.165) is 24.0 Å². The number of benzene rings is 3. The summed E-state index contributed by atoms with van der Waals surface area (Å²) in [5.74, 6) is -0.645. The van der Waals surface area contributed by atoms with Gasteiger partial charge in [0.1, 0.15) is 18.0 Å². The lowest BCUT2D eigenvalue weighted by molar-refractivity contribution is -0.179. The van der Waals surface area contributed by atoms with Crippen LogP contribution in [0.25, 0.3) is 0 Å². The topological polar surface area (TPSA) is 121 Å². The molecule has 2 saturated carbocycles. The molecule has 1 amide bonds. The van der Waals surface area contributed by atoms with E-state index in [1.807, 2.05) is 24.3 Å². The maximum absolute atomic E-state index is 15.4. The number of para-hydroxylation sites is 1. The van der Waals surface area contributed by atoms with E-state index in [2.05, 4.69) is 20.6 Å². The second-order valence-corrected chi connectivity index (χ2v) is 15.0. The SMILES string of the molecule is O=C1[C@@H](Cc2nnn[nH]2)O[C@H](c2cccc(Cl)c2)[C@@H](c2ccc(Cl)cc2)N1[C@H](CN(c1ccccc1F)S(=O)(=O)C1CC1)C1CC1. The second-order valence-electron chi connectivity index (χ2n) is 12.0. The van der Waals surface area contributed by atoms with Crippen LogP contribution in [0.3, 0.4) is 0 Å².